The second kappa shape index (κ2) is 5.82. The average molecular weight is 288 g/mol. The Labute approximate surface area is 120 Å². The lowest BCUT2D eigenvalue weighted by molar-refractivity contribution is 0.0769. The maximum absolute atomic E-state index is 12.7. The van der Waals surface area contributed by atoms with Crippen LogP contribution >= 0.6 is 0 Å². The summed E-state index contributed by atoms with van der Waals surface area (Å²) in [6.45, 7) is 1.06. The number of amides is 1. The van der Waals surface area contributed by atoms with Crippen molar-refractivity contribution >= 4 is 5.91 Å². The van der Waals surface area contributed by atoms with Gasteiger partial charge in [0.15, 0.2) is 5.82 Å². The molecule has 0 aromatic carbocycles. The predicted octanol–water partition coefficient (Wildman–Crippen LogP) is 1.30. The SMILES string of the molecule is O=C(c1ccncc1)N1CC[C@@H](Oc2ncc(F)cn2)C1. The molecule has 1 amide bonds. The number of pyridine rings is 1. The maximum atomic E-state index is 12.7. The Morgan fingerprint density at radius 1 is 1.29 bits per heavy atom. The molecule has 0 N–H and O–H groups in total. The van der Waals surface area contributed by atoms with Crippen molar-refractivity contribution in [2.45, 2.75) is 12.5 Å². The molecule has 7 heteroatoms. The van der Waals surface area contributed by atoms with E-state index in [-0.39, 0.29) is 18.0 Å². The van der Waals surface area contributed by atoms with E-state index in [2.05, 4.69) is 15.0 Å². The minimum atomic E-state index is -0.511. The van der Waals surface area contributed by atoms with Crippen LogP contribution in [0.4, 0.5) is 4.39 Å². The summed E-state index contributed by atoms with van der Waals surface area (Å²) in [6, 6.07) is 3.48. The first kappa shape index (κ1) is 13.4. The van der Waals surface area contributed by atoms with Crippen molar-refractivity contribution < 1.29 is 13.9 Å². The largest absolute Gasteiger partial charge is 0.458 e. The van der Waals surface area contributed by atoms with Crippen LogP contribution < -0.4 is 4.74 Å². The normalized spacial score (nSPS) is 17.8. The number of nitrogens with zero attached hydrogens (tertiary/aromatic N) is 4. The van der Waals surface area contributed by atoms with Gasteiger partial charge in [-0.05, 0) is 12.1 Å². The van der Waals surface area contributed by atoms with E-state index >= 15 is 0 Å². The summed E-state index contributed by atoms with van der Waals surface area (Å²) in [6.07, 6.45) is 5.79. The second-order valence-corrected chi connectivity index (χ2v) is 4.70. The van der Waals surface area contributed by atoms with Gasteiger partial charge in [-0.25, -0.2) is 14.4 Å². The smallest absolute Gasteiger partial charge is 0.316 e. The molecule has 6 nitrogen and oxygen atoms in total. The van der Waals surface area contributed by atoms with E-state index < -0.39 is 5.82 Å². The predicted molar refractivity (Wildman–Crippen MR) is 71.2 cm³/mol. The molecule has 1 aliphatic heterocycles. The second-order valence-electron chi connectivity index (χ2n) is 4.70. The van der Waals surface area contributed by atoms with Gasteiger partial charge in [-0.3, -0.25) is 9.78 Å². The van der Waals surface area contributed by atoms with E-state index in [0.29, 0.717) is 25.1 Å². The molecular formula is C14H13FN4O2. The van der Waals surface area contributed by atoms with Gasteiger partial charge in [0.05, 0.1) is 18.9 Å². The molecule has 3 rings (SSSR count). The molecule has 1 fully saturated rings. The van der Waals surface area contributed by atoms with E-state index in [1.54, 1.807) is 29.4 Å². The van der Waals surface area contributed by atoms with Crippen LogP contribution in [-0.2, 0) is 0 Å². The van der Waals surface area contributed by atoms with Crippen molar-refractivity contribution in [2.24, 2.45) is 0 Å². The van der Waals surface area contributed by atoms with Gasteiger partial charge in [-0.15, -0.1) is 0 Å². The van der Waals surface area contributed by atoms with Crippen molar-refractivity contribution in [3.63, 3.8) is 0 Å². The molecule has 21 heavy (non-hydrogen) atoms. The van der Waals surface area contributed by atoms with Crippen molar-refractivity contribution in [1.29, 1.82) is 0 Å². The van der Waals surface area contributed by atoms with Gasteiger partial charge in [0.1, 0.15) is 6.10 Å². The molecule has 0 bridgehead atoms. The lowest BCUT2D eigenvalue weighted by Gasteiger charge is -2.16. The number of hydrogen-bond acceptors (Lipinski definition) is 5. The van der Waals surface area contributed by atoms with E-state index in [1.165, 1.54) is 0 Å². The number of carbonyl (C=O) groups is 1. The summed E-state index contributed by atoms with van der Waals surface area (Å²) < 4.78 is 18.3. The number of halogens is 1. The van der Waals surface area contributed by atoms with Crippen molar-refractivity contribution in [2.75, 3.05) is 13.1 Å². The average Bonchev–Trinajstić information content (AvgIpc) is 2.98. The zero-order valence-electron chi connectivity index (χ0n) is 11.1. The molecule has 0 aliphatic carbocycles. The Morgan fingerprint density at radius 2 is 2.00 bits per heavy atom. The van der Waals surface area contributed by atoms with Gasteiger partial charge in [0.25, 0.3) is 5.91 Å². The van der Waals surface area contributed by atoms with Crippen LogP contribution in [0.1, 0.15) is 16.8 Å². The highest BCUT2D eigenvalue weighted by Crippen LogP contribution is 2.17. The summed E-state index contributed by atoms with van der Waals surface area (Å²) in [5, 5.41) is 0. The Bertz CT molecular complexity index is 621. The van der Waals surface area contributed by atoms with Crippen LogP contribution in [0.15, 0.2) is 36.9 Å². The summed E-state index contributed by atoms with van der Waals surface area (Å²) >= 11 is 0. The Hall–Kier alpha value is -2.57. The molecule has 1 aliphatic rings. The maximum Gasteiger partial charge on any atom is 0.316 e. The Kier molecular flexibility index (Phi) is 3.72. The molecule has 0 unspecified atom stereocenters. The van der Waals surface area contributed by atoms with Crippen molar-refractivity contribution in [3.05, 3.63) is 48.3 Å². The van der Waals surface area contributed by atoms with Gasteiger partial charge in [-0.2, -0.15) is 0 Å². The Balaban J connectivity index is 1.60. The van der Waals surface area contributed by atoms with Crippen LogP contribution in [0.3, 0.4) is 0 Å². The first-order valence-corrected chi connectivity index (χ1v) is 6.56. The topological polar surface area (TPSA) is 68.2 Å². The van der Waals surface area contributed by atoms with Crippen LogP contribution in [-0.4, -0.2) is 45.0 Å². The Morgan fingerprint density at radius 3 is 2.71 bits per heavy atom. The molecule has 2 aromatic rings. The summed E-state index contributed by atoms with van der Waals surface area (Å²) in [4.78, 5) is 25.4. The molecule has 0 radical (unpaired) electrons. The van der Waals surface area contributed by atoms with Crippen LogP contribution in [0.25, 0.3) is 0 Å². The van der Waals surface area contributed by atoms with E-state index in [0.717, 1.165) is 12.4 Å². The standard InChI is InChI=1S/C14H13FN4O2/c15-11-7-17-14(18-8-11)21-12-3-6-19(9-12)13(20)10-1-4-16-5-2-10/h1-2,4-5,7-8,12H,3,6,9H2/t12-/m1/s1. The number of aromatic nitrogens is 3. The monoisotopic (exact) mass is 288 g/mol. The zero-order valence-corrected chi connectivity index (χ0v) is 11.1. The molecular weight excluding hydrogens is 275 g/mol. The molecule has 108 valence electrons. The number of ether oxygens (including phenoxy) is 1. The summed E-state index contributed by atoms with van der Waals surface area (Å²) in [5.41, 5.74) is 0.601. The molecule has 3 heterocycles. The van der Waals surface area contributed by atoms with Gasteiger partial charge in [-0.1, -0.05) is 0 Å². The fourth-order valence-corrected chi connectivity index (χ4v) is 2.20. The highest BCUT2D eigenvalue weighted by atomic mass is 19.1. The van der Waals surface area contributed by atoms with Gasteiger partial charge < -0.3 is 9.64 Å². The number of likely N-dealkylation sites (tertiary alicyclic amines) is 1. The number of carbonyl (C=O) groups excluding carboxylic acids is 1. The van der Waals surface area contributed by atoms with Crippen LogP contribution in [0.5, 0.6) is 6.01 Å². The number of rotatable bonds is 3. The third kappa shape index (κ3) is 3.13. The van der Waals surface area contributed by atoms with E-state index in [4.69, 9.17) is 4.74 Å². The fourth-order valence-electron chi connectivity index (χ4n) is 2.20. The lowest BCUT2D eigenvalue weighted by atomic mass is 10.2. The quantitative estimate of drug-likeness (QED) is 0.851. The minimum absolute atomic E-state index is 0.0523. The van der Waals surface area contributed by atoms with Gasteiger partial charge in [0, 0.05) is 30.9 Å². The van der Waals surface area contributed by atoms with Gasteiger partial charge in [0.2, 0.25) is 0 Å². The third-order valence-corrected chi connectivity index (χ3v) is 3.23. The highest BCUT2D eigenvalue weighted by Gasteiger charge is 2.28. The summed E-state index contributed by atoms with van der Waals surface area (Å²) in [5.74, 6) is -0.563. The minimum Gasteiger partial charge on any atom is -0.458 e. The molecule has 1 saturated heterocycles. The fraction of sp³-hybridized carbons (Fsp3) is 0.286. The number of hydrogen-bond donors (Lipinski definition) is 0. The van der Waals surface area contributed by atoms with Gasteiger partial charge >= 0.3 is 6.01 Å². The third-order valence-electron chi connectivity index (χ3n) is 3.23. The summed E-state index contributed by atoms with van der Waals surface area (Å²) in [7, 11) is 0. The lowest BCUT2D eigenvalue weighted by Crippen LogP contribution is -2.31. The zero-order chi connectivity index (χ0) is 14.7. The molecule has 0 spiro atoms. The van der Waals surface area contributed by atoms with Crippen molar-refractivity contribution in [3.8, 4) is 6.01 Å². The van der Waals surface area contributed by atoms with Crippen LogP contribution in [0, 0.1) is 5.82 Å². The van der Waals surface area contributed by atoms with Crippen molar-refractivity contribution in [1.82, 2.24) is 19.9 Å². The van der Waals surface area contributed by atoms with Crippen LogP contribution in [0.2, 0.25) is 0 Å². The first-order valence-electron chi connectivity index (χ1n) is 6.56. The highest BCUT2D eigenvalue weighted by molar-refractivity contribution is 5.94. The van der Waals surface area contributed by atoms with E-state index in [1.807, 2.05) is 0 Å². The van der Waals surface area contributed by atoms with E-state index in [9.17, 15) is 9.18 Å². The molecule has 0 saturated carbocycles. The molecule has 1 atom stereocenters. The molecule has 2 aromatic heterocycles. The first-order chi connectivity index (χ1) is 10.2.